The van der Waals surface area contributed by atoms with Crippen LogP contribution in [0.5, 0.6) is 0 Å². The summed E-state index contributed by atoms with van der Waals surface area (Å²) in [6.45, 7) is 4.03. The van der Waals surface area contributed by atoms with Crippen LogP contribution < -0.4 is 0 Å². The lowest BCUT2D eigenvalue weighted by Crippen LogP contribution is -2.06. The van der Waals surface area contributed by atoms with E-state index in [1.165, 1.54) is 0 Å². The number of hydrogen-bond donors (Lipinski definition) is 0. The molecule has 2 rings (SSSR count). The molecule has 0 saturated heterocycles. The first-order valence-corrected chi connectivity index (χ1v) is 4.88. The molecule has 2 aromatic rings. The molecule has 0 radical (unpaired) electrons. The average Bonchev–Trinajstić information content (AvgIpc) is 2.65. The van der Waals surface area contributed by atoms with Crippen molar-refractivity contribution in [3.05, 3.63) is 35.6 Å². The second-order valence-electron chi connectivity index (χ2n) is 3.32. The van der Waals surface area contributed by atoms with E-state index < -0.39 is 0 Å². The van der Waals surface area contributed by atoms with Crippen LogP contribution in [0.15, 0.2) is 28.9 Å². The Hall–Kier alpha value is -1.77. The van der Waals surface area contributed by atoms with E-state index in [-0.39, 0.29) is 5.97 Å². The third-order valence-corrected chi connectivity index (χ3v) is 2.31. The van der Waals surface area contributed by atoms with E-state index in [1.807, 2.05) is 25.1 Å². The molecule has 0 aliphatic carbocycles. The van der Waals surface area contributed by atoms with E-state index in [0.717, 1.165) is 10.9 Å². The average molecular weight is 204 g/mol. The van der Waals surface area contributed by atoms with Crippen molar-refractivity contribution in [2.24, 2.45) is 0 Å². The predicted molar refractivity (Wildman–Crippen MR) is 56.9 cm³/mol. The van der Waals surface area contributed by atoms with Crippen LogP contribution in [0.25, 0.3) is 11.0 Å². The molecule has 1 aromatic carbocycles. The van der Waals surface area contributed by atoms with Gasteiger partial charge in [-0.2, -0.15) is 0 Å². The van der Waals surface area contributed by atoms with Gasteiger partial charge in [-0.15, -0.1) is 0 Å². The number of fused-ring (bicyclic) bond motifs is 1. The summed E-state index contributed by atoms with van der Waals surface area (Å²) in [5.41, 5.74) is 2.00. The van der Waals surface area contributed by atoms with Crippen molar-refractivity contribution in [3.63, 3.8) is 0 Å². The number of ether oxygens (including phenoxy) is 1. The molecule has 0 atom stereocenters. The van der Waals surface area contributed by atoms with E-state index in [0.29, 0.717) is 17.8 Å². The van der Waals surface area contributed by atoms with Crippen LogP contribution in [0.4, 0.5) is 0 Å². The number of hydrogen-bond acceptors (Lipinski definition) is 3. The minimum atomic E-state index is -0.324. The molecule has 0 aliphatic heterocycles. The van der Waals surface area contributed by atoms with Gasteiger partial charge >= 0.3 is 5.97 Å². The molecular weight excluding hydrogens is 192 g/mol. The highest BCUT2D eigenvalue weighted by molar-refractivity contribution is 6.03. The fourth-order valence-electron chi connectivity index (χ4n) is 1.59. The van der Waals surface area contributed by atoms with Crippen LogP contribution in [-0.4, -0.2) is 12.6 Å². The maximum Gasteiger partial charge on any atom is 0.342 e. The second-order valence-corrected chi connectivity index (χ2v) is 3.32. The summed E-state index contributed by atoms with van der Waals surface area (Å²) in [5, 5.41) is 0.920. The van der Waals surface area contributed by atoms with E-state index in [4.69, 9.17) is 9.15 Å². The predicted octanol–water partition coefficient (Wildman–Crippen LogP) is 2.92. The lowest BCUT2D eigenvalue weighted by Gasteiger charge is -2.05. The Balaban J connectivity index is 2.61. The first-order chi connectivity index (χ1) is 7.24. The highest BCUT2D eigenvalue weighted by Gasteiger charge is 2.16. The number of aryl methyl sites for hydroxylation is 1. The second kappa shape index (κ2) is 3.77. The minimum Gasteiger partial charge on any atom is -0.463 e. The molecule has 0 aliphatic rings. The maximum absolute atomic E-state index is 11.7. The van der Waals surface area contributed by atoms with E-state index in [1.54, 1.807) is 13.2 Å². The Morgan fingerprint density at radius 2 is 2.20 bits per heavy atom. The summed E-state index contributed by atoms with van der Waals surface area (Å²) in [7, 11) is 0. The van der Waals surface area contributed by atoms with Crippen LogP contribution in [0.3, 0.4) is 0 Å². The zero-order valence-electron chi connectivity index (χ0n) is 8.74. The molecule has 0 saturated carbocycles. The number of rotatable bonds is 2. The fourth-order valence-corrected chi connectivity index (χ4v) is 1.59. The Labute approximate surface area is 87.6 Å². The molecule has 0 bridgehead atoms. The first-order valence-electron chi connectivity index (χ1n) is 4.88. The Morgan fingerprint density at radius 3 is 2.93 bits per heavy atom. The lowest BCUT2D eigenvalue weighted by atomic mass is 10.1. The molecule has 0 spiro atoms. The monoisotopic (exact) mass is 204 g/mol. The van der Waals surface area contributed by atoms with Crippen LogP contribution in [0.1, 0.15) is 22.8 Å². The lowest BCUT2D eigenvalue weighted by molar-refractivity contribution is 0.0526. The van der Waals surface area contributed by atoms with Gasteiger partial charge in [-0.1, -0.05) is 12.1 Å². The van der Waals surface area contributed by atoms with Crippen LogP contribution in [0.2, 0.25) is 0 Å². The van der Waals surface area contributed by atoms with Gasteiger partial charge in [0.05, 0.1) is 12.9 Å². The van der Waals surface area contributed by atoms with Gasteiger partial charge in [-0.3, -0.25) is 0 Å². The molecule has 0 unspecified atom stereocenters. The van der Waals surface area contributed by atoms with Crippen molar-refractivity contribution in [2.45, 2.75) is 13.8 Å². The normalized spacial score (nSPS) is 10.5. The standard InChI is InChI=1S/C12H12O3/c1-3-14-12(13)10-8(2)4-5-9-6-7-15-11(9)10/h4-7H,3H2,1-2H3. The van der Waals surface area contributed by atoms with Crippen molar-refractivity contribution in [3.8, 4) is 0 Å². The Kier molecular flexibility index (Phi) is 2.46. The van der Waals surface area contributed by atoms with Crippen molar-refractivity contribution in [2.75, 3.05) is 6.61 Å². The van der Waals surface area contributed by atoms with Crippen LogP contribution >= 0.6 is 0 Å². The third kappa shape index (κ3) is 1.61. The summed E-state index contributed by atoms with van der Waals surface area (Å²) in [6, 6.07) is 5.65. The van der Waals surface area contributed by atoms with Gasteiger partial charge in [0.15, 0.2) is 0 Å². The number of benzene rings is 1. The van der Waals surface area contributed by atoms with E-state index in [9.17, 15) is 4.79 Å². The molecule has 0 fully saturated rings. The molecule has 0 amide bonds. The topological polar surface area (TPSA) is 39.4 Å². The zero-order valence-corrected chi connectivity index (χ0v) is 8.74. The van der Waals surface area contributed by atoms with Gasteiger partial charge in [-0.25, -0.2) is 4.79 Å². The fraction of sp³-hybridized carbons (Fsp3) is 0.250. The molecular formula is C12H12O3. The van der Waals surface area contributed by atoms with Gasteiger partial charge in [0.25, 0.3) is 0 Å². The van der Waals surface area contributed by atoms with E-state index >= 15 is 0 Å². The molecule has 1 aromatic heterocycles. The van der Waals surface area contributed by atoms with E-state index in [2.05, 4.69) is 0 Å². The highest BCUT2D eigenvalue weighted by atomic mass is 16.5. The number of esters is 1. The number of carbonyl (C=O) groups is 1. The molecule has 3 nitrogen and oxygen atoms in total. The Morgan fingerprint density at radius 1 is 1.40 bits per heavy atom. The summed E-state index contributed by atoms with van der Waals surface area (Å²) in [4.78, 5) is 11.7. The first kappa shape index (κ1) is 9.77. The summed E-state index contributed by atoms with van der Waals surface area (Å²) >= 11 is 0. The molecule has 1 heterocycles. The Bertz CT molecular complexity index is 497. The zero-order chi connectivity index (χ0) is 10.8. The van der Waals surface area contributed by atoms with Gasteiger partial charge in [0.2, 0.25) is 0 Å². The molecule has 0 N–H and O–H groups in total. The number of carbonyl (C=O) groups excluding carboxylic acids is 1. The summed E-state index contributed by atoms with van der Waals surface area (Å²) < 4.78 is 10.3. The van der Waals surface area contributed by atoms with Gasteiger partial charge in [0, 0.05) is 5.39 Å². The SMILES string of the molecule is CCOC(=O)c1c(C)ccc2ccoc12. The molecule has 15 heavy (non-hydrogen) atoms. The molecule has 3 heteroatoms. The quantitative estimate of drug-likeness (QED) is 0.706. The highest BCUT2D eigenvalue weighted by Crippen LogP contribution is 2.23. The summed E-state index contributed by atoms with van der Waals surface area (Å²) in [6.07, 6.45) is 1.58. The van der Waals surface area contributed by atoms with Crippen molar-refractivity contribution < 1.29 is 13.9 Å². The van der Waals surface area contributed by atoms with Crippen molar-refractivity contribution in [1.29, 1.82) is 0 Å². The largest absolute Gasteiger partial charge is 0.463 e. The van der Waals surface area contributed by atoms with Crippen LogP contribution in [-0.2, 0) is 4.74 Å². The minimum absolute atomic E-state index is 0.324. The third-order valence-electron chi connectivity index (χ3n) is 2.31. The van der Waals surface area contributed by atoms with Crippen LogP contribution in [0, 0.1) is 6.92 Å². The summed E-state index contributed by atoms with van der Waals surface area (Å²) in [5.74, 6) is -0.324. The van der Waals surface area contributed by atoms with Gasteiger partial charge in [-0.05, 0) is 25.5 Å². The van der Waals surface area contributed by atoms with Crippen molar-refractivity contribution >= 4 is 16.9 Å². The number of furan rings is 1. The van der Waals surface area contributed by atoms with Crippen molar-refractivity contribution in [1.82, 2.24) is 0 Å². The van der Waals surface area contributed by atoms with Gasteiger partial charge < -0.3 is 9.15 Å². The smallest absolute Gasteiger partial charge is 0.342 e. The molecule has 78 valence electrons. The van der Waals surface area contributed by atoms with Gasteiger partial charge in [0.1, 0.15) is 11.1 Å². The maximum atomic E-state index is 11.7.